The van der Waals surface area contributed by atoms with Gasteiger partial charge in [0.15, 0.2) is 0 Å². The molecule has 1 fully saturated rings. The summed E-state index contributed by atoms with van der Waals surface area (Å²) in [5.74, 6) is -0.00438. The zero-order chi connectivity index (χ0) is 14.6. The monoisotopic (exact) mass is 465 g/mol. The van der Waals surface area contributed by atoms with Crippen molar-refractivity contribution in [3.63, 3.8) is 0 Å². The summed E-state index contributed by atoms with van der Waals surface area (Å²) in [6.07, 6.45) is 6.24. The van der Waals surface area contributed by atoms with E-state index in [0.717, 1.165) is 20.8 Å². The second-order valence-electron chi connectivity index (χ2n) is 5.50. The lowest BCUT2D eigenvalue weighted by Crippen LogP contribution is -2.40. The Bertz CT molecular complexity index is 484. The number of benzene rings is 1. The Labute approximate surface area is 145 Å². The molecule has 2 nitrogen and oxygen atoms in total. The van der Waals surface area contributed by atoms with Gasteiger partial charge in [-0.05, 0) is 52.4 Å². The highest BCUT2D eigenvalue weighted by Crippen LogP contribution is 2.37. The highest BCUT2D eigenvalue weighted by Gasteiger charge is 2.31. The van der Waals surface area contributed by atoms with E-state index in [-0.39, 0.29) is 11.3 Å². The molecule has 110 valence electrons. The van der Waals surface area contributed by atoms with Crippen molar-refractivity contribution in [2.24, 2.45) is 5.41 Å². The van der Waals surface area contributed by atoms with E-state index in [0.29, 0.717) is 5.56 Å². The molecule has 20 heavy (non-hydrogen) atoms. The largest absolute Gasteiger partial charge is 0.351 e. The first-order valence-electron chi connectivity index (χ1n) is 6.86. The van der Waals surface area contributed by atoms with Crippen molar-refractivity contribution in [1.29, 1.82) is 0 Å². The van der Waals surface area contributed by atoms with Crippen molar-refractivity contribution >= 4 is 53.7 Å². The molecule has 1 N–H and O–H groups in total. The van der Waals surface area contributed by atoms with Crippen LogP contribution in [0.4, 0.5) is 0 Å². The van der Waals surface area contributed by atoms with Crippen LogP contribution in [0.5, 0.6) is 0 Å². The number of carbonyl (C=O) groups excluding carboxylic acids is 1. The summed E-state index contributed by atoms with van der Waals surface area (Å²) in [5.41, 5.74) is 0.921. The summed E-state index contributed by atoms with van der Waals surface area (Å²) in [5, 5.41) is 4.07. The Hall–Kier alpha value is 0.130. The van der Waals surface area contributed by atoms with Gasteiger partial charge in [-0.2, -0.15) is 0 Å². The highest BCUT2D eigenvalue weighted by atomic mass is 79.9. The molecule has 0 heterocycles. The van der Waals surface area contributed by atoms with E-state index in [2.05, 4.69) is 53.1 Å². The second-order valence-corrected chi connectivity index (χ2v) is 7.83. The predicted molar refractivity (Wildman–Crippen MR) is 93.5 cm³/mol. The van der Waals surface area contributed by atoms with E-state index in [1.54, 1.807) is 0 Å². The zero-order valence-electron chi connectivity index (χ0n) is 11.2. The maximum Gasteiger partial charge on any atom is 0.252 e. The van der Waals surface area contributed by atoms with Gasteiger partial charge in [0.25, 0.3) is 5.91 Å². The number of halogens is 3. The van der Waals surface area contributed by atoms with Crippen molar-refractivity contribution in [1.82, 2.24) is 5.32 Å². The third kappa shape index (κ3) is 4.08. The predicted octanol–water partition coefficient (Wildman–Crippen LogP) is 5.29. The number of amides is 1. The molecule has 1 aromatic carbocycles. The molecule has 5 heteroatoms. The van der Waals surface area contributed by atoms with E-state index < -0.39 is 0 Å². The third-order valence-electron chi connectivity index (χ3n) is 4.00. The summed E-state index contributed by atoms with van der Waals surface area (Å²) in [7, 11) is 0. The van der Waals surface area contributed by atoms with E-state index in [1.165, 1.54) is 32.1 Å². The van der Waals surface area contributed by atoms with Gasteiger partial charge in [0, 0.05) is 20.8 Å². The molecule has 0 bridgehead atoms. The van der Waals surface area contributed by atoms with Gasteiger partial charge in [0.2, 0.25) is 0 Å². The van der Waals surface area contributed by atoms with Crippen LogP contribution in [0.2, 0.25) is 0 Å². The minimum atomic E-state index is -0.00438. The number of rotatable bonds is 4. The van der Waals surface area contributed by atoms with Crippen molar-refractivity contribution in [3.05, 3.63) is 32.7 Å². The fraction of sp³-hybridized carbons (Fsp3) is 0.533. The van der Waals surface area contributed by atoms with E-state index >= 15 is 0 Å². The molecular weight excluding hydrogens is 450 g/mol. The van der Waals surface area contributed by atoms with Crippen molar-refractivity contribution in [2.75, 3.05) is 11.9 Å². The topological polar surface area (TPSA) is 29.1 Å². The molecule has 1 aliphatic rings. The first kappa shape index (κ1) is 16.5. The second kappa shape index (κ2) is 7.41. The summed E-state index contributed by atoms with van der Waals surface area (Å²) in [6, 6.07) is 5.63. The number of carbonyl (C=O) groups is 1. The molecule has 1 aromatic rings. The molecule has 0 aliphatic heterocycles. The van der Waals surface area contributed by atoms with E-state index in [4.69, 9.17) is 0 Å². The Morgan fingerprint density at radius 1 is 1.20 bits per heavy atom. The Morgan fingerprint density at radius 3 is 2.50 bits per heavy atom. The molecular formula is C15H18Br3NO. The van der Waals surface area contributed by atoms with E-state index in [9.17, 15) is 4.79 Å². The van der Waals surface area contributed by atoms with Crippen molar-refractivity contribution < 1.29 is 4.79 Å². The zero-order valence-corrected chi connectivity index (χ0v) is 16.0. The third-order valence-corrected chi connectivity index (χ3v) is 6.34. The summed E-state index contributed by atoms with van der Waals surface area (Å²) < 4.78 is 1.78. The molecule has 2 rings (SSSR count). The minimum Gasteiger partial charge on any atom is -0.351 e. The number of hydrogen-bond acceptors (Lipinski definition) is 1. The van der Waals surface area contributed by atoms with Gasteiger partial charge in [-0.15, -0.1) is 0 Å². The van der Waals surface area contributed by atoms with Gasteiger partial charge in [-0.1, -0.05) is 51.1 Å². The average molecular weight is 468 g/mol. The minimum absolute atomic E-state index is 0.00438. The number of nitrogens with one attached hydrogen (secondary N) is 1. The van der Waals surface area contributed by atoms with Crippen LogP contribution in [-0.4, -0.2) is 17.8 Å². The lowest BCUT2D eigenvalue weighted by molar-refractivity contribution is 0.0921. The fourth-order valence-corrected chi connectivity index (χ4v) is 4.68. The molecule has 0 radical (unpaired) electrons. The molecule has 0 spiro atoms. The van der Waals surface area contributed by atoms with Crippen LogP contribution in [0.1, 0.15) is 42.5 Å². The van der Waals surface area contributed by atoms with Crippen LogP contribution in [0.25, 0.3) is 0 Å². The molecule has 1 saturated carbocycles. The van der Waals surface area contributed by atoms with Crippen LogP contribution in [0, 0.1) is 5.41 Å². The molecule has 0 saturated heterocycles. The van der Waals surface area contributed by atoms with Gasteiger partial charge in [0.1, 0.15) is 0 Å². The van der Waals surface area contributed by atoms with Gasteiger partial charge < -0.3 is 5.32 Å². The van der Waals surface area contributed by atoms with Gasteiger partial charge in [-0.3, -0.25) is 4.79 Å². The Kier molecular flexibility index (Phi) is 6.11. The molecule has 0 aromatic heterocycles. The lowest BCUT2D eigenvalue weighted by Gasteiger charge is -2.35. The van der Waals surface area contributed by atoms with Crippen LogP contribution >= 0.6 is 47.8 Å². The Morgan fingerprint density at radius 2 is 1.90 bits per heavy atom. The average Bonchev–Trinajstić information content (AvgIpc) is 2.46. The highest BCUT2D eigenvalue weighted by molar-refractivity contribution is 9.11. The number of alkyl halides is 1. The quantitative estimate of drug-likeness (QED) is 0.599. The normalized spacial score (nSPS) is 17.8. The first-order chi connectivity index (χ1) is 9.56. The Balaban J connectivity index is 2.00. The SMILES string of the molecule is O=C(NCC1(CBr)CCCCC1)c1ccc(Br)cc1Br. The summed E-state index contributed by atoms with van der Waals surface area (Å²) >= 11 is 10.5. The first-order valence-corrected chi connectivity index (χ1v) is 9.56. The summed E-state index contributed by atoms with van der Waals surface area (Å²) in [6.45, 7) is 0.750. The lowest BCUT2D eigenvalue weighted by atomic mass is 9.75. The maximum atomic E-state index is 12.3. The smallest absolute Gasteiger partial charge is 0.252 e. The van der Waals surface area contributed by atoms with Crippen molar-refractivity contribution in [3.8, 4) is 0 Å². The van der Waals surface area contributed by atoms with Crippen LogP contribution in [-0.2, 0) is 0 Å². The maximum absolute atomic E-state index is 12.3. The molecule has 0 atom stereocenters. The van der Waals surface area contributed by atoms with Gasteiger partial charge >= 0.3 is 0 Å². The van der Waals surface area contributed by atoms with Gasteiger partial charge in [-0.25, -0.2) is 0 Å². The van der Waals surface area contributed by atoms with Crippen LogP contribution in [0.15, 0.2) is 27.1 Å². The number of hydrogen-bond donors (Lipinski definition) is 1. The van der Waals surface area contributed by atoms with E-state index in [1.807, 2.05) is 18.2 Å². The van der Waals surface area contributed by atoms with Crippen LogP contribution in [0.3, 0.4) is 0 Å². The molecule has 1 amide bonds. The molecule has 0 unspecified atom stereocenters. The fourth-order valence-electron chi connectivity index (χ4n) is 2.70. The van der Waals surface area contributed by atoms with Crippen LogP contribution < -0.4 is 5.32 Å². The van der Waals surface area contributed by atoms with Gasteiger partial charge in [0.05, 0.1) is 5.56 Å². The van der Waals surface area contributed by atoms with Crippen molar-refractivity contribution in [2.45, 2.75) is 32.1 Å². The molecule has 1 aliphatic carbocycles. The standard InChI is InChI=1S/C15H18Br3NO/c16-9-15(6-2-1-3-7-15)10-19-14(20)12-5-4-11(17)8-13(12)18/h4-5,8H,1-3,6-7,9-10H2,(H,19,20). The summed E-state index contributed by atoms with van der Waals surface area (Å²) in [4.78, 5) is 12.3.